The number of halogens is 2. The van der Waals surface area contributed by atoms with Gasteiger partial charge in [-0.05, 0) is 0 Å². The zero-order chi connectivity index (χ0) is 24.4. The number of rotatable bonds is 6. The smallest absolute Gasteiger partial charge is 1.00 e. The Balaban J connectivity index is 0.00000228. The molecule has 6 heteroatoms. The molecule has 0 saturated carbocycles. The molecule has 1 aliphatic rings. The van der Waals surface area contributed by atoms with Crippen molar-refractivity contribution >= 4 is 22.2 Å². The molecule has 0 saturated heterocycles. The fourth-order valence-corrected chi connectivity index (χ4v) is 27.0. The van der Waals surface area contributed by atoms with E-state index in [4.69, 9.17) is 0 Å². The minimum atomic E-state index is -2.72. The minimum absolute atomic E-state index is 0. The van der Waals surface area contributed by atoms with Crippen LogP contribution < -0.4 is 38.4 Å². The minimum Gasteiger partial charge on any atom is -1.00 e. The molecule has 0 fully saturated rings. The summed E-state index contributed by atoms with van der Waals surface area (Å²) in [6.45, 7) is 13.3. The molecule has 3 aromatic carbocycles. The predicted molar refractivity (Wildman–Crippen MR) is 143 cm³/mol. The fourth-order valence-electron chi connectivity index (χ4n) is 5.21. The Hall–Kier alpha value is -1.71. The molecule has 0 heterocycles. The summed E-state index contributed by atoms with van der Waals surface area (Å²) in [4.78, 5) is 13.8. The van der Waals surface area contributed by atoms with Crippen LogP contribution in [0.25, 0.3) is 0 Å². The van der Waals surface area contributed by atoms with Crippen LogP contribution in [-0.4, -0.2) is 11.8 Å². The van der Waals surface area contributed by atoms with E-state index in [0.29, 0.717) is 5.92 Å². The molecular formula is C30H34Cl2NOSiZr. The zero-order valence-electron chi connectivity index (χ0n) is 21.8. The first kappa shape index (κ1) is 30.5. The van der Waals surface area contributed by atoms with Gasteiger partial charge in [-0.2, -0.15) is 0 Å². The van der Waals surface area contributed by atoms with Crippen molar-refractivity contribution in [2.24, 2.45) is 5.92 Å². The van der Waals surface area contributed by atoms with Gasteiger partial charge in [-0.25, -0.2) is 0 Å². The number of carbonyl (C=O) groups is 1. The topological polar surface area (TPSA) is 29.1 Å². The number of nitrogens with one attached hydrogen (secondary N) is 1. The molecule has 36 heavy (non-hydrogen) atoms. The summed E-state index contributed by atoms with van der Waals surface area (Å²) in [6, 6.07) is 28.1. The second kappa shape index (κ2) is 13.2. The van der Waals surface area contributed by atoms with Crippen molar-refractivity contribution in [2.75, 3.05) is 0 Å². The number of benzene rings is 3. The van der Waals surface area contributed by atoms with Crippen molar-refractivity contribution in [1.29, 1.82) is 0 Å². The van der Waals surface area contributed by atoms with E-state index in [9.17, 15) is 4.79 Å². The van der Waals surface area contributed by atoms with Gasteiger partial charge in [0.05, 0.1) is 0 Å². The second-order valence-corrected chi connectivity index (χ2v) is 23.4. The van der Waals surface area contributed by atoms with E-state index < -0.39 is 27.1 Å². The van der Waals surface area contributed by atoms with Crippen LogP contribution in [0.4, 0.5) is 0 Å². The Morgan fingerprint density at radius 3 is 1.64 bits per heavy atom. The average Bonchev–Trinajstić information content (AvgIpc) is 3.02. The van der Waals surface area contributed by atoms with Crippen LogP contribution in [-0.2, 0) is 21.2 Å². The SMILES string of the molecule is CC1=C(C)C(C)[C]([Zr+2]([NH]C(=O)c2cc(C)cc(C)c2)[SiH](c2ccccc2)c2ccccc2)=C1C.[Cl-].[Cl-]. The molecular weight excluding hydrogens is 581 g/mol. The van der Waals surface area contributed by atoms with Crippen molar-refractivity contribution in [3.63, 3.8) is 0 Å². The standard InChI is InChI=1S/C12H11Si.C9H11NO.C9H13.2ClH.Zr/c1-3-7-11(8-4-1)13-12-9-5-2-6-10-12;1-6-3-7(2)5-8(4-6)9(10)11;1-6-5-7(2)9(4)8(6)3;;;/h1-10,13H;3-5H,1-2H3,(H2,10,11);6H,1-4H3;2*1H;/q;;;;;+3/p-3. The van der Waals surface area contributed by atoms with Gasteiger partial charge < -0.3 is 24.8 Å². The van der Waals surface area contributed by atoms with Crippen molar-refractivity contribution in [1.82, 2.24) is 3.26 Å². The van der Waals surface area contributed by atoms with E-state index >= 15 is 0 Å². The molecule has 0 aromatic heterocycles. The Kier molecular flexibility index (Phi) is 11.2. The number of hydrogen-bond donors (Lipinski definition) is 1. The Bertz CT molecular complexity index is 1210. The Morgan fingerprint density at radius 2 is 1.22 bits per heavy atom. The summed E-state index contributed by atoms with van der Waals surface area (Å²) in [6.07, 6.45) is 0. The van der Waals surface area contributed by atoms with Gasteiger partial charge in [0.2, 0.25) is 0 Å². The predicted octanol–water partition coefficient (Wildman–Crippen LogP) is -0.627. The van der Waals surface area contributed by atoms with Crippen molar-refractivity contribution in [3.05, 3.63) is 116 Å². The maximum Gasteiger partial charge on any atom is -1.00 e. The largest absolute Gasteiger partial charge is 1.00 e. The van der Waals surface area contributed by atoms with Gasteiger partial charge in [-0.1, -0.05) is 0 Å². The van der Waals surface area contributed by atoms with E-state index in [1.807, 2.05) is 12.1 Å². The number of hydrogen-bond acceptors (Lipinski definition) is 1. The van der Waals surface area contributed by atoms with E-state index in [1.165, 1.54) is 27.1 Å². The summed E-state index contributed by atoms with van der Waals surface area (Å²) < 4.78 is 5.33. The van der Waals surface area contributed by atoms with Crippen LogP contribution in [0.3, 0.4) is 0 Å². The summed E-state index contributed by atoms with van der Waals surface area (Å²) >= 11 is -2.72. The number of amides is 1. The van der Waals surface area contributed by atoms with Gasteiger partial charge in [0.15, 0.2) is 0 Å². The van der Waals surface area contributed by atoms with E-state index in [0.717, 1.165) is 16.7 Å². The van der Waals surface area contributed by atoms with Gasteiger partial charge in [-0.15, -0.1) is 0 Å². The quantitative estimate of drug-likeness (QED) is 0.369. The molecule has 2 nitrogen and oxygen atoms in total. The fraction of sp³-hybridized carbons (Fsp3) is 0.233. The molecule has 0 spiro atoms. The van der Waals surface area contributed by atoms with Crippen LogP contribution in [0, 0.1) is 19.8 Å². The molecule has 3 aromatic rings. The first-order chi connectivity index (χ1) is 16.3. The molecule has 0 aliphatic heterocycles. The first-order valence-corrected chi connectivity index (χ1v) is 20.5. The third kappa shape index (κ3) is 6.40. The summed E-state index contributed by atoms with van der Waals surface area (Å²) in [5.74, 6) is -1.18. The van der Waals surface area contributed by atoms with Crippen LogP contribution in [0.1, 0.15) is 49.2 Å². The van der Waals surface area contributed by atoms with Crippen LogP contribution in [0.5, 0.6) is 0 Å². The third-order valence-electron chi connectivity index (χ3n) is 7.22. The Labute approximate surface area is 237 Å². The van der Waals surface area contributed by atoms with Crippen LogP contribution in [0.15, 0.2) is 98.9 Å². The van der Waals surface area contributed by atoms with Gasteiger partial charge in [0, 0.05) is 0 Å². The molecule has 1 atom stereocenters. The van der Waals surface area contributed by atoms with Gasteiger partial charge >= 0.3 is 214 Å². The Morgan fingerprint density at radius 1 is 0.750 bits per heavy atom. The molecule has 0 bridgehead atoms. The zero-order valence-corrected chi connectivity index (χ0v) is 26.9. The second-order valence-electron chi connectivity index (χ2n) is 9.57. The maximum absolute atomic E-state index is 13.8. The number of carbonyl (C=O) groups excluding carboxylic acids is 1. The maximum atomic E-state index is 13.8. The first-order valence-electron chi connectivity index (χ1n) is 12.0. The van der Waals surface area contributed by atoms with Crippen molar-refractivity contribution in [2.45, 2.75) is 41.5 Å². The van der Waals surface area contributed by atoms with E-state index in [2.05, 4.69) is 112 Å². The summed E-state index contributed by atoms with van der Waals surface area (Å²) in [5, 5.41) is 2.86. The van der Waals surface area contributed by atoms with Gasteiger partial charge in [0.1, 0.15) is 0 Å². The molecule has 1 aliphatic carbocycles. The molecule has 187 valence electrons. The van der Waals surface area contributed by atoms with Crippen LogP contribution >= 0.6 is 0 Å². The molecule has 1 unspecified atom stereocenters. The average molecular weight is 615 g/mol. The monoisotopic (exact) mass is 612 g/mol. The molecule has 4 rings (SSSR count). The molecule has 0 radical (unpaired) electrons. The summed E-state index contributed by atoms with van der Waals surface area (Å²) in [5.41, 5.74) is 7.34. The number of allylic oxidation sites excluding steroid dienone is 4. The van der Waals surface area contributed by atoms with E-state index in [-0.39, 0.29) is 30.7 Å². The van der Waals surface area contributed by atoms with Gasteiger partial charge in [-0.3, -0.25) is 0 Å². The van der Waals surface area contributed by atoms with E-state index in [1.54, 1.807) is 3.28 Å². The normalized spacial score (nSPS) is 14.9. The summed E-state index contributed by atoms with van der Waals surface area (Å²) in [7, 11) is 0. The van der Waals surface area contributed by atoms with Crippen molar-refractivity contribution in [3.8, 4) is 0 Å². The van der Waals surface area contributed by atoms with Crippen LogP contribution in [0.2, 0.25) is 0 Å². The third-order valence-corrected chi connectivity index (χ3v) is 26.4. The molecule has 1 amide bonds. The van der Waals surface area contributed by atoms with Gasteiger partial charge in [0.25, 0.3) is 0 Å². The van der Waals surface area contributed by atoms with Crippen molar-refractivity contribution < 1.29 is 50.8 Å². The number of aryl methyl sites for hydroxylation is 2. The molecule has 1 N–H and O–H groups in total.